The fraction of sp³-hybridized carbons (Fsp3) is 0.556. The summed E-state index contributed by atoms with van der Waals surface area (Å²) in [6.45, 7) is 18.0. The molecule has 3 saturated heterocycles. The van der Waals surface area contributed by atoms with Crippen molar-refractivity contribution in [1.82, 2.24) is 29.5 Å². The van der Waals surface area contributed by atoms with Crippen molar-refractivity contribution < 1.29 is 18.8 Å². The van der Waals surface area contributed by atoms with Crippen molar-refractivity contribution in [3.05, 3.63) is 72.7 Å². The molecular weight excluding hydrogens is 831 g/mol. The van der Waals surface area contributed by atoms with Crippen molar-refractivity contribution in [2.24, 2.45) is 0 Å². The Morgan fingerprint density at radius 2 is 1.20 bits per heavy atom. The van der Waals surface area contributed by atoms with Gasteiger partial charge >= 0.3 is 7.12 Å². The third-order valence-corrected chi connectivity index (χ3v) is 11.5. The first-order valence-corrected chi connectivity index (χ1v) is 19.6. The van der Waals surface area contributed by atoms with Gasteiger partial charge in [0.1, 0.15) is 10.8 Å². The summed E-state index contributed by atoms with van der Waals surface area (Å²) in [4.78, 5) is 8.52. The molecule has 14 heteroatoms. The van der Waals surface area contributed by atoms with Crippen LogP contribution in [0, 0.1) is 27.7 Å². The molecule has 7 rings (SSSR count). The smallest absolute Gasteiger partial charge is 0.398 e. The molecule has 0 amide bonds. The summed E-state index contributed by atoms with van der Waals surface area (Å²) in [7, 11) is -0.387. The van der Waals surface area contributed by atoms with E-state index in [1.54, 1.807) is 6.20 Å². The lowest BCUT2D eigenvalue weighted by Gasteiger charge is -2.32. The summed E-state index contributed by atoms with van der Waals surface area (Å²) in [5.41, 5.74) is 6.58. The van der Waals surface area contributed by atoms with Crippen molar-refractivity contribution in [1.29, 1.82) is 0 Å². The van der Waals surface area contributed by atoms with Gasteiger partial charge in [0.2, 0.25) is 0 Å². The normalized spacial score (nSPS) is 21.2. The standard InChI is InChI=1S/C15H25BN2O3.C15H18BrN3O.C6H5Br2N/c1-11-10-12(16-20-14(2,3)15(4,5)21-16)18(17-11)13-8-6-7-9-19-13;1-10-7-13(17-9-12(10)16)14-8-11(2)18-19(14)15-5-3-4-6-20-15;1-4-2-6(8)9-3-5(4)7/h10,13H,6-9H2,1-5H3;7-9,15H,3-6H2,1-2H3;2-3H,1H3. The van der Waals surface area contributed by atoms with Gasteiger partial charge in [0.25, 0.3) is 0 Å². The van der Waals surface area contributed by atoms with Gasteiger partial charge in [-0.25, -0.2) is 14.3 Å². The van der Waals surface area contributed by atoms with E-state index in [4.69, 9.17) is 18.8 Å². The van der Waals surface area contributed by atoms with Gasteiger partial charge in [-0.2, -0.15) is 10.2 Å². The minimum Gasteiger partial charge on any atom is -0.398 e. The molecule has 0 N–H and O–H groups in total. The first-order chi connectivity index (χ1) is 23.6. The Bertz CT molecular complexity index is 1740. The van der Waals surface area contributed by atoms with Crippen molar-refractivity contribution in [2.45, 2.75) is 118 Å². The number of halogens is 3. The predicted molar refractivity (Wildman–Crippen MR) is 207 cm³/mol. The van der Waals surface area contributed by atoms with E-state index in [2.05, 4.69) is 115 Å². The van der Waals surface area contributed by atoms with Crippen LogP contribution in [0.15, 0.2) is 50.2 Å². The highest BCUT2D eigenvalue weighted by molar-refractivity contribution is 9.11. The number of ether oxygens (including phenoxy) is 2. The molecule has 10 nitrogen and oxygen atoms in total. The Hall–Kier alpha value is -1.94. The van der Waals surface area contributed by atoms with Crippen molar-refractivity contribution in [3.63, 3.8) is 0 Å². The molecule has 50 heavy (non-hydrogen) atoms. The molecule has 0 spiro atoms. The van der Waals surface area contributed by atoms with E-state index >= 15 is 0 Å². The van der Waals surface area contributed by atoms with Gasteiger partial charge in [-0.15, -0.1) is 0 Å². The largest absolute Gasteiger partial charge is 0.514 e. The van der Waals surface area contributed by atoms with E-state index in [1.807, 2.05) is 48.5 Å². The van der Waals surface area contributed by atoms with Gasteiger partial charge in [0, 0.05) is 34.6 Å². The molecule has 0 saturated carbocycles. The molecule has 7 heterocycles. The number of nitrogens with zero attached hydrogens (tertiary/aromatic N) is 6. The molecule has 0 radical (unpaired) electrons. The van der Waals surface area contributed by atoms with Crippen LogP contribution >= 0.6 is 47.8 Å². The van der Waals surface area contributed by atoms with E-state index < -0.39 is 0 Å². The van der Waals surface area contributed by atoms with Gasteiger partial charge in [0.15, 0.2) is 6.23 Å². The third-order valence-electron chi connectivity index (χ3n) is 9.42. The molecule has 3 aliphatic rings. The minimum atomic E-state index is -0.387. The Morgan fingerprint density at radius 3 is 1.72 bits per heavy atom. The van der Waals surface area contributed by atoms with E-state index in [-0.39, 0.29) is 30.8 Å². The second-order valence-corrected chi connectivity index (χ2v) is 16.6. The number of hydrogen-bond acceptors (Lipinski definition) is 8. The summed E-state index contributed by atoms with van der Waals surface area (Å²) in [6.07, 6.45) is 10.3. The molecule has 4 aromatic heterocycles. The zero-order valence-corrected chi connectivity index (χ0v) is 35.1. The molecule has 2 unspecified atom stereocenters. The van der Waals surface area contributed by atoms with Crippen LogP contribution in [-0.2, 0) is 18.8 Å². The number of aryl methyl sites for hydroxylation is 4. The molecule has 4 aromatic rings. The Labute approximate surface area is 321 Å². The van der Waals surface area contributed by atoms with Crippen LogP contribution in [0.2, 0.25) is 0 Å². The highest BCUT2D eigenvalue weighted by atomic mass is 79.9. The van der Waals surface area contributed by atoms with E-state index in [0.29, 0.717) is 0 Å². The maximum absolute atomic E-state index is 6.16. The first kappa shape index (κ1) is 39.3. The second-order valence-electron chi connectivity index (χ2n) is 14.1. The zero-order valence-electron chi connectivity index (χ0n) is 30.3. The van der Waals surface area contributed by atoms with Gasteiger partial charge in [-0.05, 0) is 177 Å². The minimum absolute atomic E-state index is 0.00137. The lowest BCUT2D eigenvalue weighted by Crippen LogP contribution is -2.42. The highest BCUT2D eigenvalue weighted by Crippen LogP contribution is 2.37. The van der Waals surface area contributed by atoms with E-state index in [9.17, 15) is 0 Å². The molecule has 0 aromatic carbocycles. The number of pyridine rings is 2. The molecule has 0 bridgehead atoms. The Balaban J connectivity index is 0.000000157. The Morgan fingerprint density at radius 1 is 0.680 bits per heavy atom. The first-order valence-electron chi connectivity index (χ1n) is 17.3. The number of rotatable bonds is 4. The fourth-order valence-corrected chi connectivity index (χ4v) is 6.73. The van der Waals surface area contributed by atoms with E-state index in [1.165, 1.54) is 24.0 Å². The third kappa shape index (κ3) is 9.53. The molecule has 3 fully saturated rings. The van der Waals surface area contributed by atoms with Crippen LogP contribution in [0.25, 0.3) is 11.4 Å². The van der Waals surface area contributed by atoms with Crippen molar-refractivity contribution >= 4 is 60.5 Å². The summed E-state index contributed by atoms with van der Waals surface area (Å²) >= 11 is 10.1. The van der Waals surface area contributed by atoms with Crippen LogP contribution in [0.3, 0.4) is 0 Å². The monoisotopic (exact) mass is 876 g/mol. The zero-order chi connectivity index (χ0) is 36.2. The number of aromatic nitrogens is 6. The van der Waals surface area contributed by atoms with Crippen molar-refractivity contribution in [2.75, 3.05) is 13.2 Å². The van der Waals surface area contributed by atoms with Gasteiger partial charge in [0.05, 0.1) is 39.6 Å². The Kier molecular flexibility index (Phi) is 13.2. The van der Waals surface area contributed by atoms with Crippen LogP contribution in [-0.4, -0.2) is 61.1 Å². The average Bonchev–Trinajstić information content (AvgIpc) is 3.73. The average molecular weight is 879 g/mol. The van der Waals surface area contributed by atoms with Gasteiger partial charge < -0.3 is 18.8 Å². The summed E-state index contributed by atoms with van der Waals surface area (Å²) in [5.74, 6) is 0. The van der Waals surface area contributed by atoms with Crippen LogP contribution < -0.4 is 5.59 Å². The molecule has 2 atom stereocenters. The maximum Gasteiger partial charge on any atom is 0.514 e. The van der Waals surface area contributed by atoms with E-state index in [0.717, 1.165) is 80.8 Å². The summed E-state index contributed by atoms with van der Waals surface area (Å²) in [6, 6.07) is 8.16. The maximum atomic E-state index is 6.16. The molecule has 3 aliphatic heterocycles. The molecule has 270 valence electrons. The van der Waals surface area contributed by atoms with Crippen LogP contribution in [0.1, 0.15) is 101 Å². The predicted octanol–water partition coefficient (Wildman–Crippen LogP) is 9.13. The fourth-order valence-electron chi connectivity index (χ4n) is 5.85. The molecule has 0 aliphatic carbocycles. The summed E-state index contributed by atoms with van der Waals surface area (Å²) in [5, 5.41) is 9.21. The quantitative estimate of drug-likeness (QED) is 0.148. The lowest BCUT2D eigenvalue weighted by molar-refractivity contribution is -0.0385. The number of hydrogen-bond donors (Lipinski definition) is 0. The highest BCUT2D eigenvalue weighted by Gasteiger charge is 2.53. The summed E-state index contributed by atoms with van der Waals surface area (Å²) < 4.78 is 30.9. The SMILES string of the molecule is Cc1cc(-c2cc(C)c(Br)cn2)n(C2CCCCO2)n1.Cc1cc(B2OC(C)(C)C(C)(C)O2)n(C2CCCCO2)n1.Cc1cc(Br)ncc1Br. The lowest BCUT2D eigenvalue weighted by atomic mass is 9.84. The van der Waals surface area contributed by atoms with Crippen molar-refractivity contribution in [3.8, 4) is 11.4 Å². The second kappa shape index (κ2) is 16.8. The topological polar surface area (TPSA) is 98.3 Å². The van der Waals surface area contributed by atoms with Gasteiger partial charge in [-0.1, -0.05) is 0 Å². The van der Waals surface area contributed by atoms with Crippen LogP contribution in [0.5, 0.6) is 0 Å². The molecular formula is C36H48BBr3N6O4. The van der Waals surface area contributed by atoms with Gasteiger partial charge in [-0.3, -0.25) is 4.98 Å². The van der Waals surface area contributed by atoms with Crippen LogP contribution in [0.4, 0.5) is 0 Å².